The summed E-state index contributed by atoms with van der Waals surface area (Å²) in [4.78, 5) is -6.13. The molecule has 0 N–H and O–H groups in total. The molecule has 0 aromatic rings. The highest BCUT2D eigenvalue weighted by Crippen LogP contribution is 2.91. The van der Waals surface area contributed by atoms with E-state index >= 15 is 0 Å². The lowest BCUT2D eigenvalue weighted by Crippen LogP contribution is -3.02. The maximum absolute atomic E-state index is 13.9. The first-order chi connectivity index (χ1) is 10.1. The summed E-state index contributed by atoms with van der Waals surface area (Å²) in [6, 6.07) is 0. The van der Waals surface area contributed by atoms with Gasteiger partial charge in [-0.25, -0.2) is 13.2 Å². The minimum Gasteiger partial charge on any atom is -0.226 e. The third-order valence-corrected chi connectivity index (χ3v) is 4.81. The van der Waals surface area contributed by atoms with E-state index in [2.05, 4.69) is 0 Å². The molecule has 0 amide bonds. The summed E-state index contributed by atoms with van der Waals surface area (Å²) in [5.74, 6) is -31.6. The smallest absolute Gasteiger partial charge is 0.226 e. The monoisotopic (exact) mass is 454 g/mol. The molecule has 0 spiro atoms. The molecule has 0 aromatic heterocycles. The Balaban J connectivity index is 2.91. The largest absolute Gasteiger partial charge is 0.429 e. The van der Waals surface area contributed by atoms with Crippen molar-refractivity contribution in [3.63, 3.8) is 0 Å². The van der Waals surface area contributed by atoms with Gasteiger partial charge in [0.2, 0.25) is 0 Å². The van der Waals surface area contributed by atoms with Crippen LogP contribution < -0.4 is 0 Å². The fourth-order valence-electron chi connectivity index (χ4n) is 3.35. The number of fused-ring (bicyclic) bond motifs is 1. The number of halogens is 15. The minimum atomic E-state index is -7.28. The van der Waals surface area contributed by atoms with Crippen LogP contribution in [0, 0.1) is 11.3 Å². The second kappa shape index (κ2) is 4.08. The lowest BCUT2D eigenvalue weighted by molar-refractivity contribution is -0.608. The van der Waals surface area contributed by atoms with Gasteiger partial charge in [0, 0.05) is 0 Å². The Bertz CT molecular complexity index is 572. The molecular weight excluding hydrogens is 454 g/mol. The summed E-state index contributed by atoms with van der Waals surface area (Å²) in [5.41, 5.74) is -13.4. The molecule has 2 aliphatic carbocycles. The van der Waals surface area contributed by atoms with Gasteiger partial charge in [-0.3, -0.25) is 0 Å². The van der Waals surface area contributed by atoms with Crippen LogP contribution in [-0.2, 0) is 0 Å². The van der Waals surface area contributed by atoms with Gasteiger partial charge in [-0.05, 0) is 15.9 Å². The maximum Gasteiger partial charge on any atom is 0.429 e. The van der Waals surface area contributed by atoms with Gasteiger partial charge in [-0.1, -0.05) is 0 Å². The Morgan fingerprint density at radius 2 is 1.04 bits per heavy atom. The van der Waals surface area contributed by atoms with Gasteiger partial charge in [0.25, 0.3) is 5.67 Å². The molecule has 15 heteroatoms. The third-order valence-electron chi connectivity index (χ3n) is 4.32. The molecule has 0 aliphatic heterocycles. The predicted octanol–water partition coefficient (Wildman–Crippen LogP) is 5.42. The zero-order chi connectivity index (χ0) is 19.6. The average molecular weight is 455 g/mol. The molecule has 0 aromatic carbocycles. The van der Waals surface area contributed by atoms with Crippen molar-refractivity contribution in [3.8, 4) is 0 Å². The van der Waals surface area contributed by atoms with Crippen molar-refractivity contribution in [2.75, 3.05) is 0 Å². The zero-order valence-electron chi connectivity index (χ0n) is 10.2. The molecule has 0 radical (unpaired) electrons. The van der Waals surface area contributed by atoms with E-state index in [0.717, 1.165) is 0 Å². The van der Waals surface area contributed by atoms with Crippen molar-refractivity contribution >= 4 is 15.9 Å². The molecule has 0 saturated heterocycles. The zero-order valence-corrected chi connectivity index (χ0v) is 11.8. The molecule has 142 valence electrons. The van der Waals surface area contributed by atoms with Gasteiger partial charge >= 0.3 is 34.7 Å². The average Bonchev–Trinajstić information content (AvgIpc) is 2.29. The fraction of sp³-hybridized carbons (Fsp3) is 1.00. The Morgan fingerprint density at radius 3 is 1.33 bits per heavy atom. The summed E-state index contributed by atoms with van der Waals surface area (Å²) in [7, 11) is 0. The molecule has 2 fully saturated rings. The summed E-state index contributed by atoms with van der Waals surface area (Å²) in [6.45, 7) is 0. The lowest BCUT2D eigenvalue weighted by Gasteiger charge is -2.75. The van der Waals surface area contributed by atoms with Crippen LogP contribution in [0.1, 0.15) is 0 Å². The quantitative estimate of drug-likeness (QED) is 0.386. The second-order valence-electron chi connectivity index (χ2n) is 5.29. The molecule has 0 nitrogen and oxygen atoms in total. The normalized spacial score (nSPS) is 40.4. The Morgan fingerprint density at radius 1 is 0.667 bits per heavy atom. The van der Waals surface area contributed by atoms with Crippen molar-refractivity contribution in [1.29, 1.82) is 0 Å². The molecule has 2 rings (SSSR count). The molecule has 3 atom stereocenters. The van der Waals surface area contributed by atoms with Crippen LogP contribution in [-0.4, -0.2) is 40.4 Å². The highest BCUT2D eigenvalue weighted by atomic mass is 79.9. The number of hydrogen-bond donors (Lipinski definition) is 0. The van der Waals surface area contributed by atoms with Crippen LogP contribution in [0.3, 0.4) is 0 Å². The van der Waals surface area contributed by atoms with E-state index in [-0.39, 0.29) is 0 Å². The first kappa shape index (κ1) is 19.8. The maximum atomic E-state index is 13.9. The summed E-state index contributed by atoms with van der Waals surface area (Å²) in [5, 5.41) is 0. The third kappa shape index (κ3) is 1.39. The van der Waals surface area contributed by atoms with E-state index in [4.69, 9.17) is 0 Å². The topological polar surface area (TPSA) is 0 Å². The van der Waals surface area contributed by atoms with Gasteiger partial charge in [0.05, 0.1) is 0 Å². The van der Waals surface area contributed by atoms with Gasteiger partial charge < -0.3 is 0 Å². The predicted molar refractivity (Wildman–Crippen MR) is 49.5 cm³/mol. The van der Waals surface area contributed by atoms with Crippen molar-refractivity contribution in [2.24, 2.45) is 11.3 Å². The summed E-state index contributed by atoms with van der Waals surface area (Å²) in [6.07, 6.45) is -7.28. The molecule has 3 unspecified atom stereocenters. The number of hydrogen-bond acceptors (Lipinski definition) is 0. The van der Waals surface area contributed by atoms with Crippen LogP contribution >= 0.6 is 15.9 Å². The first-order valence-electron chi connectivity index (χ1n) is 5.45. The van der Waals surface area contributed by atoms with Gasteiger partial charge in [0.1, 0.15) is 5.92 Å². The first-order valence-corrected chi connectivity index (χ1v) is 6.24. The molecule has 24 heavy (non-hydrogen) atoms. The molecule has 0 heterocycles. The van der Waals surface area contributed by atoms with E-state index in [1.165, 1.54) is 0 Å². The standard InChI is InChI=1S/C9HBrF14/c10-8(20,21)7(18,19)2-1(4(13,14)6(2,16)17)3(11,12)5(2,15)9(22,23)24/h1H. The lowest BCUT2D eigenvalue weighted by atomic mass is 9.32. The van der Waals surface area contributed by atoms with E-state index in [0.29, 0.717) is 15.9 Å². The van der Waals surface area contributed by atoms with Gasteiger partial charge in [0.15, 0.2) is 5.41 Å². The number of alkyl halides is 15. The van der Waals surface area contributed by atoms with E-state index in [9.17, 15) is 61.5 Å². The molecule has 0 bridgehead atoms. The van der Waals surface area contributed by atoms with E-state index in [1.54, 1.807) is 0 Å². The summed E-state index contributed by atoms with van der Waals surface area (Å²) < 4.78 is 184. The van der Waals surface area contributed by atoms with Crippen molar-refractivity contribution in [3.05, 3.63) is 0 Å². The highest BCUT2D eigenvalue weighted by Gasteiger charge is 3.17. The van der Waals surface area contributed by atoms with Crippen LogP contribution in [0.5, 0.6) is 0 Å². The minimum absolute atomic E-state index is 0.677. The van der Waals surface area contributed by atoms with Gasteiger partial charge in [-0.2, -0.15) is 48.3 Å². The SMILES string of the molecule is FC(F)(F)C1(F)C(F)(F)C2C(F)(F)C(F)(F)C21C(F)(F)C(F)(F)Br. The Kier molecular flexibility index (Phi) is 3.37. The highest BCUT2D eigenvalue weighted by molar-refractivity contribution is 9.10. The van der Waals surface area contributed by atoms with Crippen molar-refractivity contribution < 1.29 is 61.5 Å². The fourth-order valence-corrected chi connectivity index (χ4v) is 3.66. The Hall–Kier alpha value is -0.500. The van der Waals surface area contributed by atoms with E-state index < -0.39 is 51.7 Å². The van der Waals surface area contributed by atoms with Crippen LogP contribution in [0.2, 0.25) is 0 Å². The van der Waals surface area contributed by atoms with Crippen LogP contribution in [0.25, 0.3) is 0 Å². The molecular formula is C9HBrF14. The van der Waals surface area contributed by atoms with Crippen LogP contribution in [0.15, 0.2) is 0 Å². The van der Waals surface area contributed by atoms with Gasteiger partial charge in [-0.15, -0.1) is 0 Å². The second-order valence-corrected chi connectivity index (χ2v) is 6.29. The molecule has 2 aliphatic rings. The van der Waals surface area contributed by atoms with Crippen molar-refractivity contribution in [2.45, 2.75) is 40.4 Å². The number of rotatable bonds is 2. The van der Waals surface area contributed by atoms with Crippen molar-refractivity contribution in [1.82, 2.24) is 0 Å². The molecule has 2 saturated carbocycles. The van der Waals surface area contributed by atoms with Crippen LogP contribution in [0.4, 0.5) is 61.5 Å². The Labute approximate surface area is 130 Å². The summed E-state index contributed by atoms with van der Waals surface area (Å²) >= 11 is 0.677. The van der Waals surface area contributed by atoms with E-state index in [1.807, 2.05) is 0 Å².